The molecule has 2 rings (SSSR count). The molecule has 0 amide bonds. The molecule has 82 valence electrons. The number of pyridine rings is 1. The predicted molar refractivity (Wildman–Crippen MR) is 64.5 cm³/mol. The second-order valence-electron chi connectivity index (χ2n) is 3.51. The first-order chi connectivity index (χ1) is 7.79. The number of nitrogens with zero attached hydrogens (tertiary/aromatic N) is 1. The Kier molecular flexibility index (Phi) is 3.05. The van der Waals surface area contributed by atoms with E-state index >= 15 is 0 Å². The summed E-state index contributed by atoms with van der Waals surface area (Å²) < 4.78 is 5.74. The number of hydrogen-bond acceptors (Lipinski definition) is 3. The number of nitrogen functional groups attached to an aromatic ring is 1. The summed E-state index contributed by atoms with van der Waals surface area (Å²) in [6.45, 7) is 2.07. The molecule has 2 aromatic rings. The van der Waals surface area contributed by atoms with Gasteiger partial charge in [0.2, 0.25) is 0 Å². The lowest BCUT2D eigenvalue weighted by Crippen LogP contribution is -1.93. The number of hydrogen-bond donors (Lipinski definition) is 1. The quantitative estimate of drug-likeness (QED) is 0.799. The van der Waals surface area contributed by atoms with Gasteiger partial charge in [-0.1, -0.05) is 6.92 Å². The zero-order chi connectivity index (χ0) is 11.4. The first-order valence-electron chi connectivity index (χ1n) is 5.26. The minimum atomic E-state index is 0.738. The van der Waals surface area contributed by atoms with Crippen molar-refractivity contribution in [1.29, 1.82) is 0 Å². The highest BCUT2D eigenvalue weighted by molar-refractivity contribution is 5.49. The molecule has 3 heteroatoms. The fourth-order valence-electron chi connectivity index (χ4n) is 1.51. The zero-order valence-corrected chi connectivity index (χ0v) is 9.18. The molecule has 0 saturated carbocycles. The molecular formula is C13H14N2O. The summed E-state index contributed by atoms with van der Waals surface area (Å²) in [7, 11) is 0. The van der Waals surface area contributed by atoms with E-state index in [-0.39, 0.29) is 0 Å². The van der Waals surface area contributed by atoms with Crippen molar-refractivity contribution in [2.45, 2.75) is 13.3 Å². The van der Waals surface area contributed by atoms with Crippen molar-refractivity contribution in [3.8, 4) is 11.5 Å². The lowest BCUT2D eigenvalue weighted by molar-refractivity contribution is 0.474. The Labute approximate surface area is 94.9 Å². The number of aromatic nitrogens is 1. The van der Waals surface area contributed by atoms with Gasteiger partial charge >= 0.3 is 0 Å². The van der Waals surface area contributed by atoms with E-state index in [2.05, 4.69) is 11.9 Å². The van der Waals surface area contributed by atoms with Gasteiger partial charge in [-0.2, -0.15) is 0 Å². The van der Waals surface area contributed by atoms with Gasteiger partial charge in [0.1, 0.15) is 11.5 Å². The molecule has 16 heavy (non-hydrogen) atoms. The Morgan fingerprint density at radius 1 is 1.31 bits per heavy atom. The van der Waals surface area contributed by atoms with Crippen LogP contribution in [-0.2, 0) is 6.42 Å². The van der Waals surface area contributed by atoms with E-state index in [4.69, 9.17) is 10.5 Å². The highest BCUT2D eigenvalue weighted by atomic mass is 16.5. The summed E-state index contributed by atoms with van der Waals surface area (Å²) in [6.07, 6.45) is 4.30. The molecule has 3 nitrogen and oxygen atoms in total. The summed E-state index contributed by atoms with van der Waals surface area (Å²) in [6, 6.07) is 9.39. The second-order valence-corrected chi connectivity index (χ2v) is 3.51. The van der Waals surface area contributed by atoms with E-state index in [1.165, 1.54) is 0 Å². The van der Waals surface area contributed by atoms with E-state index in [9.17, 15) is 0 Å². The fourth-order valence-corrected chi connectivity index (χ4v) is 1.51. The van der Waals surface area contributed by atoms with Crippen molar-refractivity contribution in [1.82, 2.24) is 4.98 Å². The van der Waals surface area contributed by atoms with E-state index in [0.717, 1.165) is 29.2 Å². The number of aryl methyl sites for hydroxylation is 1. The summed E-state index contributed by atoms with van der Waals surface area (Å²) >= 11 is 0. The average molecular weight is 214 g/mol. The molecule has 0 saturated heterocycles. The van der Waals surface area contributed by atoms with E-state index < -0.39 is 0 Å². The predicted octanol–water partition coefficient (Wildman–Crippen LogP) is 3.02. The van der Waals surface area contributed by atoms with Crippen molar-refractivity contribution in [3.05, 3.63) is 48.3 Å². The molecule has 0 aliphatic carbocycles. The highest BCUT2D eigenvalue weighted by Crippen LogP contribution is 2.26. The Bertz CT molecular complexity index is 469. The Morgan fingerprint density at radius 2 is 2.19 bits per heavy atom. The molecule has 0 fully saturated rings. The highest BCUT2D eigenvalue weighted by Gasteiger charge is 2.03. The van der Waals surface area contributed by atoms with E-state index in [0.29, 0.717) is 0 Å². The van der Waals surface area contributed by atoms with Crippen LogP contribution in [0.4, 0.5) is 5.69 Å². The maximum Gasteiger partial charge on any atom is 0.145 e. The molecule has 0 spiro atoms. The maximum absolute atomic E-state index is 5.74. The minimum absolute atomic E-state index is 0.738. The van der Waals surface area contributed by atoms with Crippen molar-refractivity contribution in [2.24, 2.45) is 0 Å². The zero-order valence-electron chi connectivity index (χ0n) is 9.18. The standard InChI is InChI=1S/C13H14N2O/c1-2-10-8-11(14)5-6-13(10)16-12-4-3-7-15-9-12/h3-9H,2,14H2,1H3. The van der Waals surface area contributed by atoms with Gasteiger partial charge in [-0.15, -0.1) is 0 Å². The molecule has 0 aliphatic rings. The van der Waals surface area contributed by atoms with Crippen LogP contribution in [0.3, 0.4) is 0 Å². The molecular weight excluding hydrogens is 200 g/mol. The van der Waals surface area contributed by atoms with Gasteiger partial charge in [0, 0.05) is 11.9 Å². The van der Waals surface area contributed by atoms with Crippen LogP contribution in [0.15, 0.2) is 42.7 Å². The van der Waals surface area contributed by atoms with Gasteiger partial charge in [-0.25, -0.2) is 0 Å². The first kappa shape index (κ1) is 10.5. The first-order valence-corrected chi connectivity index (χ1v) is 5.26. The lowest BCUT2D eigenvalue weighted by Gasteiger charge is -2.10. The lowest BCUT2D eigenvalue weighted by atomic mass is 10.1. The molecule has 1 aromatic carbocycles. The van der Waals surface area contributed by atoms with Crippen molar-refractivity contribution >= 4 is 5.69 Å². The minimum Gasteiger partial charge on any atom is -0.455 e. The normalized spacial score (nSPS) is 10.1. The second kappa shape index (κ2) is 4.66. The van der Waals surface area contributed by atoms with Crippen LogP contribution in [0.1, 0.15) is 12.5 Å². The van der Waals surface area contributed by atoms with Gasteiger partial charge in [0.15, 0.2) is 0 Å². The summed E-state index contributed by atoms with van der Waals surface area (Å²) in [5.41, 5.74) is 7.59. The number of rotatable bonds is 3. The summed E-state index contributed by atoms with van der Waals surface area (Å²) in [4.78, 5) is 4.00. The van der Waals surface area contributed by atoms with Crippen LogP contribution >= 0.6 is 0 Å². The molecule has 1 aromatic heterocycles. The van der Waals surface area contributed by atoms with Crippen LogP contribution in [0.2, 0.25) is 0 Å². The van der Waals surface area contributed by atoms with Crippen molar-refractivity contribution in [2.75, 3.05) is 5.73 Å². The summed E-state index contributed by atoms with van der Waals surface area (Å²) in [5.74, 6) is 1.58. The van der Waals surface area contributed by atoms with Crippen molar-refractivity contribution < 1.29 is 4.74 Å². The van der Waals surface area contributed by atoms with Crippen LogP contribution < -0.4 is 10.5 Å². The number of nitrogens with two attached hydrogens (primary N) is 1. The van der Waals surface area contributed by atoms with E-state index in [1.807, 2.05) is 30.3 Å². The fraction of sp³-hybridized carbons (Fsp3) is 0.154. The third-order valence-corrected chi connectivity index (χ3v) is 2.33. The Balaban J connectivity index is 2.28. The summed E-state index contributed by atoms with van der Waals surface area (Å²) in [5, 5.41) is 0. The van der Waals surface area contributed by atoms with Gasteiger partial charge < -0.3 is 10.5 Å². The van der Waals surface area contributed by atoms with Crippen LogP contribution in [0.25, 0.3) is 0 Å². The van der Waals surface area contributed by atoms with E-state index in [1.54, 1.807) is 12.4 Å². The van der Waals surface area contributed by atoms with Crippen LogP contribution in [-0.4, -0.2) is 4.98 Å². The molecule has 1 heterocycles. The molecule has 0 bridgehead atoms. The van der Waals surface area contributed by atoms with Gasteiger partial charge in [-0.05, 0) is 42.3 Å². The number of benzene rings is 1. The van der Waals surface area contributed by atoms with Gasteiger partial charge in [0.25, 0.3) is 0 Å². The monoisotopic (exact) mass is 214 g/mol. The molecule has 0 atom stereocenters. The smallest absolute Gasteiger partial charge is 0.145 e. The Morgan fingerprint density at radius 3 is 2.88 bits per heavy atom. The van der Waals surface area contributed by atoms with Gasteiger partial charge in [0.05, 0.1) is 6.20 Å². The Hall–Kier alpha value is -2.03. The molecule has 2 N–H and O–H groups in total. The molecule has 0 unspecified atom stereocenters. The number of ether oxygens (including phenoxy) is 1. The third-order valence-electron chi connectivity index (χ3n) is 2.33. The maximum atomic E-state index is 5.74. The number of anilines is 1. The van der Waals surface area contributed by atoms with Gasteiger partial charge in [-0.3, -0.25) is 4.98 Å². The van der Waals surface area contributed by atoms with Crippen LogP contribution in [0.5, 0.6) is 11.5 Å². The SMILES string of the molecule is CCc1cc(N)ccc1Oc1cccnc1. The molecule has 0 radical (unpaired) electrons. The molecule has 0 aliphatic heterocycles. The average Bonchev–Trinajstić information content (AvgIpc) is 2.33. The third kappa shape index (κ3) is 2.31. The topological polar surface area (TPSA) is 48.1 Å². The van der Waals surface area contributed by atoms with Crippen molar-refractivity contribution in [3.63, 3.8) is 0 Å². The largest absolute Gasteiger partial charge is 0.455 e. The van der Waals surface area contributed by atoms with Crippen LogP contribution in [0, 0.1) is 0 Å².